The van der Waals surface area contributed by atoms with Gasteiger partial charge in [-0.15, -0.1) is 0 Å². The third kappa shape index (κ3) is 3.26. The lowest BCUT2D eigenvalue weighted by Gasteiger charge is -2.13. The summed E-state index contributed by atoms with van der Waals surface area (Å²) in [4.78, 5) is 8.82. The van der Waals surface area contributed by atoms with Crippen LogP contribution in [-0.4, -0.2) is 9.97 Å². The molecule has 3 N–H and O–H groups in total. The summed E-state index contributed by atoms with van der Waals surface area (Å²) in [5.74, 6) is 8.03. The van der Waals surface area contributed by atoms with Crippen molar-refractivity contribution < 1.29 is 4.74 Å². The molecule has 1 aromatic carbocycles. The molecule has 2 aromatic rings. The van der Waals surface area contributed by atoms with E-state index in [2.05, 4.69) is 38.2 Å². The van der Waals surface area contributed by atoms with Crippen LogP contribution in [0, 0.1) is 6.92 Å². The number of nitrogens with zero attached hydrogens (tertiary/aromatic N) is 2. The molecule has 0 aliphatic rings. The zero-order valence-electron chi connectivity index (χ0n) is 11.5. The molecular weight excluding hydrogens is 320 g/mol. The number of hydrazine groups is 1. The summed E-state index contributed by atoms with van der Waals surface area (Å²) >= 11 is 3.45. The second kappa shape index (κ2) is 6.67. The normalized spacial score (nSPS) is 10.4. The van der Waals surface area contributed by atoms with Crippen molar-refractivity contribution in [1.82, 2.24) is 9.97 Å². The van der Waals surface area contributed by atoms with Crippen LogP contribution in [0.4, 0.5) is 5.82 Å². The Morgan fingerprint density at radius 1 is 1.30 bits per heavy atom. The molecule has 0 saturated carbocycles. The maximum absolute atomic E-state index is 5.88. The van der Waals surface area contributed by atoms with Crippen molar-refractivity contribution in [2.45, 2.75) is 26.7 Å². The van der Waals surface area contributed by atoms with Gasteiger partial charge in [-0.2, -0.15) is 4.98 Å². The van der Waals surface area contributed by atoms with Crippen LogP contribution in [-0.2, 0) is 6.42 Å². The van der Waals surface area contributed by atoms with Crippen LogP contribution < -0.4 is 16.0 Å². The van der Waals surface area contributed by atoms with Crippen LogP contribution in [0.3, 0.4) is 0 Å². The highest BCUT2D eigenvalue weighted by atomic mass is 79.9. The van der Waals surface area contributed by atoms with Gasteiger partial charge in [0.25, 0.3) is 0 Å². The predicted molar refractivity (Wildman–Crippen MR) is 82.8 cm³/mol. The van der Waals surface area contributed by atoms with E-state index in [1.807, 2.05) is 31.2 Å². The first-order chi connectivity index (χ1) is 9.65. The van der Waals surface area contributed by atoms with E-state index in [9.17, 15) is 0 Å². The minimum absolute atomic E-state index is 0.517. The van der Waals surface area contributed by atoms with Crippen molar-refractivity contribution in [2.75, 3.05) is 5.43 Å². The minimum Gasteiger partial charge on any atom is -0.437 e. The lowest BCUT2D eigenvalue weighted by Crippen LogP contribution is -2.13. The number of halogens is 1. The maximum atomic E-state index is 5.88. The Labute approximate surface area is 126 Å². The van der Waals surface area contributed by atoms with Crippen LogP contribution >= 0.6 is 15.9 Å². The Balaban J connectivity index is 2.39. The molecule has 0 amide bonds. The van der Waals surface area contributed by atoms with Crippen LogP contribution in [0.15, 0.2) is 28.7 Å². The predicted octanol–water partition coefficient (Wildman–Crippen LogP) is 3.58. The molecule has 0 aliphatic carbocycles. The van der Waals surface area contributed by atoms with Crippen molar-refractivity contribution in [2.24, 2.45) is 5.84 Å². The molecule has 0 atom stereocenters. The molecule has 0 unspecified atom stereocenters. The van der Waals surface area contributed by atoms with Gasteiger partial charge in [0.15, 0.2) is 0 Å². The van der Waals surface area contributed by atoms with Crippen LogP contribution in [0.2, 0.25) is 0 Å². The number of ether oxygens (including phenoxy) is 1. The van der Waals surface area contributed by atoms with Gasteiger partial charge in [-0.1, -0.05) is 19.1 Å². The molecule has 0 spiro atoms. The zero-order chi connectivity index (χ0) is 14.5. The van der Waals surface area contributed by atoms with Crippen LogP contribution in [0.5, 0.6) is 11.6 Å². The molecule has 0 bridgehead atoms. The number of nitrogen functional groups attached to an aromatic ring is 1. The first-order valence-corrected chi connectivity index (χ1v) is 7.21. The lowest BCUT2D eigenvalue weighted by molar-refractivity contribution is 0.452. The molecule has 0 radical (unpaired) electrons. The number of nitrogens with two attached hydrogens (primary N) is 1. The number of rotatable bonds is 5. The molecule has 6 heteroatoms. The highest BCUT2D eigenvalue weighted by Crippen LogP contribution is 2.31. The topological polar surface area (TPSA) is 73.1 Å². The van der Waals surface area contributed by atoms with Gasteiger partial charge in [0, 0.05) is 6.42 Å². The SMILES string of the molecule is CCCc1nc(NN)c(C)c(Oc2ccccc2Br)n1. The number of nitrogens with one attached hydrogen (secondary N) is 1. The number of benzene rings is 1. The Hall–Kier alpha value is -1.66. The summed E-state index contributed by atoms with van der Waals surface area (Å²) in [6.07, 6.45) is 1.74. The van der Waals surface area contributed by atoms with E-state index < -0.39 is 0 Å². The first-order valence-electron chi connectivity index (χ1n) is 6.42. The van der Waals surface area contributed by atoms with Crippen molar-refractivity contribution in [1.29, 1.82) is 0 Å². The fourth-order valence-electron chi connectivity index (χ4n) is 1.75. The molecule has 0 fully saturated rings. The number of para-hydroxylation sites is 1. The molecule has 0 saturated heterocycles. The number of hydrogen-bond acceptors (Lipinski definition) is 5. The molecule has 20 heavy (non-hydrogen) atoms. The summed E-state index contributed by atoms with van der Waals surface area (Å²) in [5.41, 5.74) is 3.37. The number of anilines is 1. The van der Waals surface area contributed by atoms with Gasteiger partial charge in [0.05, 0.1) is 10.0 Å². The third-order valence-electron chi connectivity index (χ3n) is 2.80. The average molecular weight is 337 g/mol. The molecule has 1 aromatic heterocycles. The quantitative estimate of drug-likeness (QED) is 0.644. The Morgan fingerprint density at radius 2 is 2.05 bits per heavy atom. The van der Waals surface area contributed by atoms with Gasteiger partial charge in [-0.3, -0.25) is 0 Å². The Morgan fingerprint density at radius 3 is 2.70 bits per heavy atom. The standard InChI is InChI=1S/C14H17BrN4O/c1-3-6-12-17-13(19-16)9(2)14(18-12)20-11-8-5-4-7-10(11)15/h4-5,7-8H,3,6,16H2,1-2H3,(H,17,18,19). The zero-order valence-corrected chi connectivity index (χ0v) is 13.1. The van der Waals surface area contributed by atoms with Gasteiger partial charge in [0.1, 0.15) is 17.4 Å². The van der Waals surface area contributed by atoms with Crippen molar-refractivity contribution in [3.63, 3.8) is 0 Å². The van der Waals surface area contributed by atoms with E-state index in [0.29, 0.717) is 23.3 Å². The molecule has 5 nitrogen and oxygen atoms in total. The fraction of sp³-hybridized carbons (Fsp3) is 0.286. The summed E-state index contributed by atoms with van der Waals surface area (Å²) in [6.45, 7) is 3.95. The monoisotopic (exact) mass is 336 g/mol. The number of aryl methyl sites for hydroxylation is 1. The van der Waals surface area contributed by atoms with Gasteiger partial charge in [0.2, 0.25) is 5.88 Å². The fourth-order valence-corrected chi connectivity index (χ4v) is 2.11. The Bertz CT molecular complexity index is 604. The van der Waals surface area contributed by atoms with Gasteiger partial charge in [-0.25, -0.2) is 10.8 Å². The first kappa shape index (κ1) is 14.7. The smallest absolute Gasteiger partial charge is 0.227 e. The Kier molecular flexibility index (Phi) is 4.92. The van der Waals surface area contributed by atoms with E-state index in [0.717, 1.165) is 22.9 Å². The largest absolute Gasteiger partial charge is 0.437 e. The van der Waals surface area contributed by atoms with Crippen LogP contribution in [0.1, 0.15) is 24.7 Å². The highest BCUT2D eigenvalue weighted by Gasteiger charge is 2.13. The minimum atomic E-state index is 0.517. The summed E-state index contributed by atoms with van der Waals surface area (Å²) < 4.78 is 6.75. The van der Waals surface area contributed by atoms with Gasteiger partial charge < -0.3 is 10.2 Å². The van der Waals surface area contributed by atoms with E-state index in [1.165, 1.54) is 0 Å². The van der Waals surface area contributed by atoms with Gasteiger partial charge >= 0.3 is 0 Å². The molecule has 1 heterocycles. The second-order valence-electron chi connectivity index (χ2n) is 4.35. The second-order valence-corrected chi connectivity index (χ2v) is 5.20. The average Bonchev–Trinajstić information content (AvgIpc) is 2.45. The van der Waals surface area contributed by atoms with E-state index in [4.69, 9.17) is 10.6 Å². The van der Waals surface area contributed by atoms with E-state index in [1.54, 1.807) is 0 Å². The van der Waals surface area contributed by atoms with E-state index in [-0.39, 0.29) is 0 Å². The maximum Gasteiger partial charge on any atom is 0.227 e. The molecule has 0 aliphatic heterocycles. The lowest BCUT2D eigenvalue weighted by atomic mass is 10.3. The van der Waals surface area contributed by atoms with Crippen molar-refractivity contribution >= 4 is 21.7 Å². The van der Waals surface area contributed by atoms with Crippen molar-refractivity contribution in [3.8, 4) is 11.6 Å². The number of aromatic nitrogens is 2. The molecular formula is C14H17BrN4O. The van der Waals surface area contributed by atoms with E-state index >= 15 is 0 Å². The number of hydrogen-bond donors (Lipinski definition) is 2. The summed E-state index contributed by atoms with van der Waals surface area (Å²) in [6, 6.07) is 7.63. The van der Waals surface area contributed by atoms with Gasteiger partial charge in [-0.05, 0) is 41.4 Å². The van der Waals surface area contributed by atoms with Crippen LogP contribution in [0.25, 0.3) is 0 Å². The highest BCUT2D eigenvalue weighted by molar-refractivity contribution is 9.10. The van der Waals surface area contributed by atoms with Crippen molar-refractivity contribution in [3.05, 3.63) is 40.1 Å². The molecule has 2 rings (SSSR count). The molecule has 106 valence electrons. The third-order valence-corrected chi connectivity index (χ3v) is 3.46. The summed E-state index contributed by atoms with van der Waals surface area (Å²) in [7, 11) is 0. The summed E-state index contributed by atoms with van der Waals surface area (Å²) in [5, 5.41) is 0.